The fraction of sp³-hybridized carbons (Fsp3) is 0.500. The van der Waals surface area contributed by atoms with Crippen molar-refractivity contribution in [1.82, 2.24) is 0 Å². The average molecular weight is 491 g/mol. The SMILES string of the molecule is CCCCN(CCCC)c1ccc(C2=C(O)C(c3ccc(N(CCCC)CCCC)cc3)=C2O)cc1. The summed E-state index contributed by atoms with van der Waals surface area (Å²) in [5.74, 6) is 0.353. The first-order valence-electron chi connectivity index (χ1n) is 14.1. The number of allylic oxidation sites excluding steroid dienone is 2. The number of anilines is 2. The molecule has 2 N–H and O–H groups in total. The summed E-state index contributed by atoms with van der Waals surface area (Å²) < 4.78 is 0. The van der Waals surface area contributed by atoms with Gasteiger partial charge in [-0.3, -0.25) is 0 Å². The maximum absolute atomic E-state index is 10.9. The molecular formula is C32H46N2O2. The van der Waals surface area contributed by atoms with Gasteiger partial charge in [0.15, 0.2) is 0 Å². The smallest absolute Gasteiger partial charge is 0.138 e. The normalized spacial score (nSPS) is 13.2. The predicted molar refractivity (Wildman–Crippen MR) is 156 cm³/mol. The van der Waals surface area contributed by atoms with Crippen molar-refractivity contribution in [2.45, 2.75) is 79.1 Å². The first-order valence-corrected chi connectivity index (χ1v) is 14.1. The van der Waals surface area contributed by atoms with E-state index in [-0.39, 0.29) is 11.5 Å². The van der Waals surface area contributed by atoms with Gasteiger partial charge in [-0.15, -0.1) is 0 Å². The highest BCUT2D eigenvalue weighted by atomic mass is 16.3. The lowest BCUT2D eigenvalue weighted by Crippen LogP contribution is -2.25. The topological polar surface area (TPSA) is 46.9 Å². The molecule has 196 valence electrons. The summed E-state index contributed by atoms with van der Waals surface area (Å²) in [5, 5.41) is 21.8. The zero-order chi connectivity index (χ0) is 25.9. The molecule has 0 radical (unpaired) electrons. The van der Waals surface area contributed by atoms with E-state index in [1.165, 1.54) is 62.7 Å². The highest BCUT2D eigenvalue weighted by Crippen LogP contribution is 2.45. The third-order valence-corrected chi connectivity index (χ3v) is 7.12. The van der Waals surface area contributed by atoms with Gasteiger partial charge >= 0.3 is 0 Å². The molecule has 4 nitrogen and oxygen atoms in total. The van der Waals surface area contributed by atoms with E-state index in [1.807, 2.05) is 24.3 Å². The Bertz CT molecular complexity index is 895. The van der Waals surface area contributed by atoms with E-state index in [2.05, 4.69) is 61.8 Å². The van der Waals surface area contributed by atoms with Gasteiger partial charge < -0.3 is 20.0 Å². The molecule has 0 heterocycles. The van der Waals surface area contributed by atoms with Crippen molar-refractivity contribution in [3.05, 3.63) is 71.2 Å². The molecule has 2 aromatic rings. The van der Waals surface area contributed by atoms with Crippen molar-refractivity contribution in [2.24, 2.45) is 0 Å². The lowest BCUT2D eigenvalue weighted by Gasteiger charge is -2.27. The predicted octanol–water partition coefficient (Wildman–Crippen LogP) is 8.75. The number of hydrogen-bond donors (Lipinski definition) is 2. The summed E-state index contributed by atoms with van der Waals surface area (Å²) in [6, 6.07) is 16.5. The molecule has 1 aliphatic carbocycles. The lowest BCUT2D eigenvalue weighted by atomic mass is 9.84. The third-order valence-electron chi connectivity index (χ3n) is 7.12. The molecule has 0 saturated heterocycles. The maximum atomic E-state index is 10.9. The number of aliphatic hydroxyl groups excluding tert-OH is 2. The van der Waals surface area contributed by atoms with Crippen molar-refractivity contribution in [2.75, 3.05) is 36.0 Å². The van der Waals surface area contributed by atoms with Crippen molar-refractivity contribution in [3.63, 3.8) is 0 Å². The van der Waals surface area contributed by atoms with Crippen LogP contribution in [0.5, 0.6) is 0 Å². The van der Waals surface area contributed by atoms with Gasteiger partial charge in [0.1, 0.15) is 11.5 Å². The van der Waals surface area contributed by atoms with Gasteiger partial charge in [0.25, 0.3) is 0 Å². The van der Waals surface area contributed by atoms with Crippen LogP contribution in [-0.4, -0.2) is 36.4 Å². The molecule has 0 fully saturated rings. The van der Waals surface area contributed by atoms with Gasteiger partial charge in [0, 0.05) is 37.6 Å². The van der Waals surface area contributed by atoms with Crippen LogP contribution in [0.25, 0.3) is 11.1 Å². The van der Waals surface area contributed by atoms with Crippen LogP contribution in [-0.2, 0) is 0 Å². The Labute approximate surface area is 219 Å². The molecule has 0 aromatic heterocycles. The van der Waals surface area contributed by atoms with E-state index < -0.39 is 0 Å². The molecular weight excluding hydrogens is 444 g/mol. The molecule has 36 heavy (non-hydrogen) atoms. The number of unbranched alkanes of at least 4 members (excludes halogenated alkanes) is 4. The largest absolute Gasteiger partial charge is 0.506 e. The number of rotatable bonds is 16. The second kappa shape index (κ2) is 14.0. The van der Waals surface area contributed by atoms with Crippen molar-refractivity contribution >= 4 is 22.5 Å². The molecule has 0 atom stereocenters. The number of nitrogens with zero attached hydrogens (tertiary/aromatic N) is 2. The van der Waals surface area contributed by atoms with E-state index >= 15 is 0 Å². The van der Waals surface area contributed by atoms with Gasteiger partial charge in [0.05, 0.1) is 11.1 Å². The molecule has 2 aromatic carbocycles. The van der Waals surface area contributed by atoms with E-state index in [1.54, 1.807) is 0 Å². The Kier molecular flexibility index (Phi) is 10.8. The highest BCUT2D eigenvalue weighted by Gasteiger charge is 2.31. The molecule has 4 heteroatoms. The monoisotopic (exact) mass is 490 g/mol. The van der Waals surface area contributed by atoms with E-state index in [4.69, 9.17) is 0 Å². The Balaban J connectivity index is 1.73. The first-order chi connectivity index (χ1) is 17.5. The molecule has 0 spiro atoms. The molecule has 0 amide bonds. The van der Waals surface area contributed by atoms with Gasteiger partial charge in [0.2, 0.25) is 0 Å². The van der Waals surface area contributed by atoms with Crippen molar-refractivity contribution in [3.8, 4) is 0 Å². The number of hydrogen-bond acceptors (Lipinski definition) is 4. The zero-order valence-electron chi connectivity index (χ0n) is 22.9. The van der Waals surface area contributed by atoms with Gasteiger partial charge in [-0.1, -0.05) is 77.6 Å². The van der Waals surface area contributed by atoms with Crippen LogP contribution in [0.2, 0.25) is 0 Å². The van der Waals surface area contributed by atoms with Crippen LogP contribution < -0.4 is 9.80 Å². The molecule has 0 unspecified atom stereocenters. The Morgan fingerprint density at radius 3 is 1.00 bits per heavy atom. The lowest BCUT2D eigenvalue weighted by molar-refractivity contribution is 0.390. The second-order valence-corrected chi connectivity index (χ2v) is 9.93. The minimum atomic E-state index is 0.177. The molecule has 0 aliphatic heterocycles. The molecule has 3 rings (SSSR count). The highest BCUT2D eigenvalue weighted by molar-refractivity contribution is 6.06. The summed E-state index contributed by atoms with van der Waals surface area (Å²) in [4.78, 5) is 4.89. The van der Waals surface area contributed by atoms with Crippen LogP contribution in [0.3, 0.4) is 0 Å². The van der Waals surface area contributed by atoms with Crippen molar-refractivity contribution < 1.29 is 10.2 Å². The van der Waals surface area contributed by atoms with E-state index in [0.717, 1.165) is 37.3 Å². The van der Waals surface area contributed by atoms with Crippen LogP contribution in [0.15, 0.2) is 60.0 Å². The van der Waals surface area contributed by atoms with Crippen LogP contribution in [0, 0.1) is 0 Å². The van der Waals surface area contributed by atoms with Crippen molar-refractivity contribution in [1.29, 1.82) is 0 Å². The fourth-order valence-electron chi connectivity index (χ4n) is 4.77. The minimum Gasteiger partial charge on any atom is -0.506 e. The second-order valence-electron chi connectivity index (χ2n) is 9.93. The van der Waals surface area contributed by atoms with E-state index in [0.29, 0.717) is 11.1 Å². The number of benzene rings is 2. The quantitative estimate of drug-likeness (QED) is 0.247. The molecule has 0 saturated carbocycles. The van der Waals surface area contributed by atoms with Crippen LogP contribution >= 0.6 is 0 Å². The summed E-state index contributed by atoms with van der Waals surface area (Å²) >= 11 is 0. The molecule has 0 bridgehead atoms. The Hall–Kier alpha value is -2.88. The van der Waals surface area contributed by atoms with Crippen LogP contribution in [0.4, 0.5) is 11.4 Å². The zero-order valence-corrected chi connectivity index (χ0v) is 22.9. The minimum absolute atomic E-state index is 0.177. The van der Waals surface area contributed by atoms with Crippen LogP contribution in [0.1, 0.15) is 90.2 Å². The van der Waals surface area contributed by atoms with Gasteiger partial charge in [-0.2, -0.15) is 0 Å². The first kappa shape index (κ1) is 27.7. The fourth-order valence-corrected chi connectivity index (χ4v) is 4.77. The van der Waals surface area contributed by atoms with Gasteiger partial charge in [-0.05, 0) is 61.1 Å². The van der Waals surface area contributed by atoms with Gasteiger partial charge in [-0.25, -0.2) is 0 Å². The summed E-state index contributed by atoms with van der Waals surface area (Å²) in [6.07, 6.45) is 9.43. The summed E-state index contributed by atoms with van der Waals surface area (Å²) in [5.41, 5.74) is 5.20. The Morgan fingerprint density at radius 1 is 0.472 bits per heavy atom. The standard InChI is InChI=1S/C32H46N2O2/c1-5-9-21-33(22-10-6-2)27-17-13-25(14-18-27)29-31(35)30(32(29)36)26-15-19-28(20-16-26)34(23-11-7-3)24-12-8-4/h13-20,35-36H,5-12,21-24H2,1-4H3. The Morgan fingerprint density at radius 2 is 0.750 bits per heavy atom. The average Bonchev–Trinajstić information content (AvgIpc) is 2.90. The summed E-state index contributed by atoms with van der Waals surface area (Å²) in [6.45, 7) is 13.1. The third kappa shape index (κ3) is 6.66. The maximum Gasteiger partial charge on any atom is 0.138 e. The number of aliphatic hydroxyl groups is 2. The molecule has 1 aliphatic rings. The van der Waals surface area contributed by atoms with E-state index in [9.17, 15) is 10.2 Å². The summed E-state index contributed by atoms with van der Waals surface area (Å²) in [7, 11) is 0.